The van der Waals surface area contributed by atoms with Gasteiger partial charge in [0.2, 0.25) is 0 Å². The van der Waals surface area contributed by atoms with Gasteiger partial charge in [-0.05, 0) is 79.0 Å². The molecule has 0 bridgehead atoms. The van der Waals surface area contributed by atoms with Crippen LogP contribution < -0.4 is 5.06 Å². The van der Waals surface area contributed by atoms with Crippen molar-refractivity contribution in [3.8, 4) is 0 Å². The maximum atomic E-state index is 14.8. The monoisotopic (exact) mass is 760 g/mol. The standard InChI is InChI=1S/C50H66N2O4/c1-47(2,3)37-25-17-33(18-26-37)43(34-19-27-38(28-20-34)48(4,5)6)45(53)51(55)41-15-13-14-16-42(41)52(56)46(54)44(35-21-29-39(30-22-35)49(7,8)9)36-23-31-40(32-24-36)50(10,11)12/h17-32,41-44,55-56H,13-16H2,1-12H3/p+1. The summed E-state index contributed by atoms with van der Waals surface area (Å²) in [4.78, 5) is 29.5. The molecule has 1 saturated carbocycles. The molecule has 300 valence electrons. The van der Waals surface area contributed by atoms with Crippen molar-refractivity contribution in [1.82, 2.24) is 5.06 Å². The molecule has 1 fully saturated rings. The van der Waals surface area contributed by atoms with E-state index in [4.69, 9.17) is 0 Å². The zero-order valence-electron chi connectivity index (χ0n) is 36.0. The minimum Gasteiger partial charge on any atom is -0.285 e. The predicted molar refractivity (Wildman–Crippen MR) is 227 cm³/mol. The van der Waals surface area contributed by atoms with Gasteiger partial charge in [-0.2, -0.15) is 0 Å². The van der Waals surface area contributed by atoms with Crippen LogP contribution in [-0.2, 0) is 31.2 Å². The fraction of sp³-hybridized carbons (Fsp3) is 0.480. The van der Waals surface area contributed by atoms with Gasteiger partial charge in [-0.25, -0.2) is 15.1 Å². The van der Waals surface area contributed by atoms with Gasteiger partial charge in [0.05, 0.1) is 5.92 Å². The SMILES string of the molecule is CC(C)(C)c1ccc(C(C(=O)N(O)C2CCCCC2[NH+](O)C(=O)C(c2ccc(C(C)(C)C)cc2)c2ccc(C(C)(C)C)cc2)c2ccc(C(C)(C)C)cc2)cc1. The first-order valence-electron chi connectivity index (χ1n) is 20.5. The molecule has 0 spiro atoms. The fourth-order valence-electron chi connectivity index (χ4n) is 8.02. The number of nitrogens with zero attached hydrogens (tertiary/aromatic N) is 1. The van der Waals surface area contributed by atoms with E-state index in [0.717, 1.165) is 62.4 Å². The summed E-state index contributed by atoms with van der Waals surface area (Å²) < 4.78 is 0. The normalized spacial score (nSPS) is 17.6. The Morgan fingerprint density at radius 3 is 1.11 bits per heavy atom. The zero-order valence-corrected chi connectivity index (χ0v) is 36.0. The quantitative estimate of drug-likeness (QED) is 0.123. The second-order valence-corrected chi connectivity index (χ2v) is 20.2. The van der Waals surface area contributed by atoms with Gasteiger partial charge in [0, 0.05) is 6.42 Å². The van der Waals surface area contributed by atoms with Gasteiger partial charge in [0.15, 0.2) is 0 Å². The molecule has 6 nitrogen and oxygen atoms in total. The summed E-state index contributed by atoms with van der Waals surface area (Å²) in [5, 5.41) is 24.7. The first-order chi connectivity index (χ1) is 26.0. The molecule has 5 rings (SSSR count). The Bertz CT molecular complexity index is 1680. The van der Waals surface area contributed by atoms with Gasteiger partial charge in [0.1, 0.15) is 18.0 Å². The molecule has 3 unspecified atom stereocenters. The van der Waals surface area contributed by atoms with Crippen molar-refractivity contribution >= 4 is 11.8 Å². The van der Waals surface area contributed by atoms with Gasteiger partial charge in [-0.1, -0.05) is 187 Å². The van der Waals surface area contributed by atoms with E-state index in [2.05, 4.69) is 132 Å². The molecule has 1 aliphatic carbocycles. The Kier molecular flexibility index (Phi) is 12.6. The molecule has 2 amide bonds. The number of amides is 2. The molecule has 3 atom stereocenters. The topological polar surface area (TPSA) is 82.3 Å². The lowest BCUT2D eigenvalue weighted by atomic mass is 9.81. The van der Waals surface area contributed by atoms with Gasteiger partial charge < -0.3 is 0 Å². The lowest BCUT2D eigenvalue weighted by molar-refractivity contribution is -1.04. The van der Waals surface area contributed by atoms with Gasteiger partial charge in [-0.15, -0.1) is 5.06 Å². The van der Waals surface area contributed by atoms with Crippen molar-refractivity contribution in [2.75, 3.05) is 0 Å². The molecule has 4 aromatic carbocycles. The number of quaternary nitrogens is 1. The van der Waals surface area contributed by atoms with Crippen LogP contribution in [0.5, 0.6) is 0 Å². The smallest absolute Gasteiger partial charge is 0.285 e. The maximum absolute atomic E-state index is 14.8. The third-order valence-corrected chi connectivity index (χ3v) is 11.8. The molecule has 0 heterocycles. The van der Waals surface area contributed by atoms with Crippen LogP contribution in [0.25, 0.3) is 0 Å². The van der Waals surface area contributed by atoms with Crippen LogP contribution in [0.2, 0.25) is 0 Å². The van der Waals surface area contributed by atoms with Crippen LogP contribution >= 0.6 is 0 Å². The minimum atomic E-state index is -0.779. The van der Waals surface area contributed by atoms with Crippen LogP contribution in [-0.4, -0.2) is 39.4 Å². The number of hydroxylamine groups is 4. The molecular formula is C50H67N2O4+. The van der Waals surface area contributed by atoms with E-state index in [0.29, 0.717) is 12.8 Å². The summed E-state index contributed by atoms with van der Waals surface area (Å²) in [6.45, 7) is 25.9. The summed E-state index contributed by atoms with van der Waals surface area (Å²) in [5.41, 5.74) is 7.50. The summed E-state index contributed by atoms with van der Waals surface area (Å²) >= 11 is 0. The van der Waals surface area contributed by atoms with Crippen molar-refractivity contribution in [3.05, 3.63) is 142 Å². The van der Waals surface area contributed by atoms with Crippen molar-refractivity contribution in [2.24, 2.45) is 0 Å². The zero-order chi connectivity index (χ0) is 41.4. The molecule has 0 radical (unpaired) electrons. The molecule has 1 aliphatic rings. The third kappa shape index (κ3) is 9.70. The molecule has 6 heteroatoms. The molecular weight excluding hydrogens is 693 g/mol. The summed E-state index contributed by atoms with van der Waals surface area (Å²) in [5.74, 6) is -2.40. The molecule has 4 aromatic rings. The fourth-order valence-corrected chi connectivity index (χ4v) is 8.02. The number of carbonyl (C=O) groups is 2. The average molecular weight is 760 g/mol. The first-order valence-corrected chi connectivity index (χ1v) is 20.5. The maximum Gasteiger partial charge on any atom is 0.356 e. The third-order valence-electron chi connectivity index (χ3n) is 11.8. The van der Waals surface area contributed by atoms with Crippen LogP contribution in [0.4, 0.5) is 0 Å². The van der Waals surface area contributed by atoms with E-state index in [-0.39, 0.29) is 26.7 Å². The highest BCUT2D eigenvalue weighted by Crippen LogP contribution is 2.35. The van der Waals surface area contributed by atoms with E-state index in [1.54, 1.807) is 0 Å². The first kappa shape index (κ1) is 43.0. The second-order valence-electron chi connectivity index (χ2n) is 20.2. The Labute approximate surface area is 336 Å². The van der Waals surface area contributed by atoms with Gasteiger partial charge in [-0.3, -0.25) is 10.0 Å². The Morgan fingerprint density at radius 2 is 0.804 bits per heavy atom. The van der Waals surface area contributed by atoms with Crippen molar-refractivity contribution < 1.29 is 25.1 Å². The largest absolute Gasteiger partial charge is 0.356 e. The number of nitrogens with one attached hydrogen (secondary N) is 1. The molecule has 0 aliphatic heterocycles. The molecule has 0 saturated heterocycles. The Morgan fingerprint density at radius 1 is 0.518 bits per heavy atom. The van der Waals surface area contributed by atoms with Crippen molar-refractivity contribution in [3.63, 3.8) is 0 Å². The lowest BCUT2D eigenvalue weighted by Gasteiger charge is -2.38. The predicted octanol–water partition coefficient (Wildman–Crippen LogP) is 10.2. The highest BCUT2D eigenvalue weighted by Gasteiger charge is 2.46. The van der Waals surface area contributed by atoms with E-state index in [1.165, 1.54) is 0 Å². The summed E-state index contributed by atoms with van der Waals surface area (Å²) in [6, 6.07) is 30.9. The Hall–Kier alpha value is -4.10. The van der Waals surface area contributed by atoms with Crippen LogP contribution in [0.3, 0.4) is 0 Å². The molecule has 3 N–H and O–H groups in total. The highest BCUT2D eigenvalue weighted by atomic mass is 16.5. The van der Waals surface area contributed by atoms with E-state index < -0.39 is 35.7 Å². The Balaban J connectivity index is 1.51. The average Bonchev–Trinajstić information content (AvgIpc) is 3.14. The number of hydrogen-bond acceptors (Lipinski definition) is 4. The lowest BCUT2D eigenvalue weighted by Crippen LogP contribution is -3.18. The van der Waals surface area contributed by atoms with Crippen molar-refractivity contribution in [2.45, 2.75) is 154 Å². The second kappa shape index (κ2) is 16.4. The molecule has 0 aromatic heterocycles. The molecule has 56 heavy (non-hydrogen) atoms. The van der Waals surface area contributed by atoms with E-state index >= 15 is 0 Å². The number of carbonyl (C=O) groups excluding carboxylic acids is 2. The highest BCUT2D eigenvalue weighted by molar-refractivity contribution is 5.87. The number of benzene rings is 4. The van der Waals surface area contributed by atoms with Crippen LogP contribution in [0.15, 0.2) is 97.1 Å². The number of hydrogen-bond donors (Lipinski definition) is 3. The van der Waals surface area contributed by atoms with Gasteiger partial charge in [0.25, 0.3) is 5.91 Å². The van der Waals surface area contributed by atoms with Gasteiger partial charge >= 0.3 is 5.91 Å². The van der Waals surface area contributed by atoms with Crippen LogP contribution in [0, 0.1) is 0 Å². The van der Waals surface area contributed by atoms with E-state index in [1.807, 2.05) is 48.5 Å². The van der Waals surface area contributed by atoms with E-state index in [9.17, 15) is 20.0 Å². The summed E-state index contributed by atoms with van der Waals surface area (Å²) in [7, 11) is 0. The number of rotatable bonds is 8. The van der Waals surface area contributed by atoms with Crippen molar-refractivity contribution in [1.29, 1.82) is 0 Å². The minimum absolute atomic E-state index is 0.0613. The summed E-state index contributed by atoms with van der Waals surface area (Å²) in [6.07, 6.45) is 2.49. The van der Waals surface area contributed by atoms with Crippen LogP contribution in [0.1, 0.15) is 165 Å².